The molecule has 3 nitrogen and oxygen atoms in total. The van der Waals surface area contributed by atoms with Crippen molar-refractivity contribution in [2.45, 2.75) is 70.5 Å². The van der Waals surface area contributed by atoms with Gasteiger partial charge in [-0.2, -0.15) is 13.2 Å². The summed E-state index contributed by atoms with van der Waals surface area (Å²) in [5, 5.41) is 9.63. The minimum absolute atomic E-state index is 0.0507. The van der Waals surface area contributed by atoms with E-state index >= 15 is 0 Å². The predicted octanol–water partition coefficient (Wildman–Crippen LogP) is 8.09. The molecule has 0 saturated carbocycles. The lowest BCUT2D eigenvalue weighted by atomic mass is 9.83. The summed E-state index contributed by atoms with van der Waals surface area (Å²) in [6.07, 6.45) is 2.03. The standard InChI is InChI=1S/C29H32F3NO2/c1-19(2)11-16-26(21-12-14-23(15-13-21)29(30,31)32)33-18-25(20-7-4-3-5-8-20)24-10-6-9-22(28(24)33)17-27(34)35/h3-5,7-8,12-15,18-19,22,26H,6,9-11,16-17H2,1-2H3,(H,34,35). The number of benzene rings is 2. The van der Waals surface area contributed by atoms with Gasteiger partial charge in [0.25, 0.3) is 0 Å². The van der Waals surface area contributed by atoms with Crippen molar-refractivity contribution in [2.24, 2.45) is 5.92 Å². The fraction of sp³-hybridized carbons (Fsp3) is 0.414. The van der Waals surface area contributed by atoms with Gasteiger partial charge in [0, 0.05) is 23.4 Å². The van der Waals surface area contributed by atoms with Crippen LogP contribution in [0, 0.1) is 5.92 Å². The van der Waals surface area contributed by atoms with Crippen LogP contribution in [0.15, 0.2) is 60.8 Å². The highest BCUT2D eigenvalue weighted by atomic mass is 19.4. The van der Waals surface area contributed by atoms with E-state index in [2.05, 4.69) is 36.7 Å². The molecule has 2 unspecified atom stereocenters. The second-order valence-corrected chi connectivity index (χ2v) is 9.97. The highest BCUT2D eigenvalue weighted by Gasteiger charge is 2.33. The molecule has 4 rings (SSSR count). The summed E-state index contributed by atoms with van der Waals surface area (Å²) >= 11 is 0. The number of carboxylic acids is 1. The van der Waals surface area contributed by atoms with Crippen LogP contribution in [0.2, 0.25) is 0 Å². The molecule has 0 bridgehead atoms. The molecule has 35 heavy (non-hydrogen) atoms. The molecule has 0 aliphatic heterocycles. The molecule has 1 aliphatic rings. The zero-order valence-corrected chi connectivity index (χ0v) is 20.2. The summed E-state index contributed by atoms with van der Waals surface area (Å²) in [5.74, 6) is -0.517. The lowest BCUT2D eigenvalue weighted by Crippen LogP contribution is -2.21. The summed E-state index contributed by atoms with van der Waals surface area (Å²) < 4.78 is 41.9. The van der Waals surface area contributed by atoms with Gasteiger partial charge >= 0.3 is 12.1 Å². The maximum Gasteiger partial charge on any atom is 0.416 e. The molecule has 1 aromatic heterocycles. The lowest BCUT2D eigenvalue weighted by Gasteiger charge is -2.29. The number of hydrogen-bond acceptors (Lipinski definition) is 1. The van der Waals surface area contributed by atoms with E-state index in [9.17, 15) is 23.1 Å². The Morgan fingerprint density at radius 2 is 1.74 bits per heavy atom. The number of halogens is 3. The predicted molar refractivity (Wildman–Crippen MR) is 131 cm³/mol. The molecule has 0 amide bonds. The molecule has 0 radical (unpaired) electrons. The maximum absolute atomic E-state index is 13.2. The van der Waals surface area contributed by atoms with E-state index in [1.807, 2.05) is 18.2 Å². The van der Waals surface area contributed by atoms with Crippen molar-refractivity contribution in [3.63, 3.8) is 0 Å². The minimum atomic E-state index is -4.38. The van der Waals surface area contributed by atoms with Crippen molar-refractivity contribution in [1.82, 2.24) is 4.57 Å². The van der Waals surface area contributed by atoms with E-state index < -0.39 is 17.7 Å². The van der Waals surface area contributed by atoms with Crippen molar-refractivity contribution < 1.29 is 23.1 Å². The largest absolute Gasteiger partial charge is 0.481 e. The Bertz CT molecular complexity index is 1150. The number of nitrogens with zero attached hydrogens (tertiary/aromatic N) is 1. The van der Waals surface area contributed by atoms with Crippen LogP contribution in [-0.4, -0.2) is 15.6 Å². The van der Waals surface area contributed by atoms with Gasteiger partial charge in [-0.25, -0.2) is 0 Å². The van der Waals surface area contributed by atoms with Gasteiger partial charge < -0.3 is 9.67 Å². The first-order valence-electron chi connectivity index (χ1n) is 12.3. The summed E-state index contributed by atoms with van der Waals surface area (Å²) in [6, 6.07) is 15.4. The van der Waals surface area contributed by atoms with Gasteiger partial charge in [0.2, 0.25) is 0 Å². The van der Waals surface area contributed by atoms with Gasteiger partial charge in [-0.05, 0) is 66.8 Å². The average Bonchev–Trinajstić information content (AvgIpc) is 3.19. The number of alkyl halides is 3. The molecule has 0 saturated heterocycles. The van der Waals surface area contributed by atoms with Crippen LogP contribution in [-0.2, 0) is 17.4 Å². The Kier molecular flexibility index (Phi) is 7.39. The van der Waals surface area contributed by atoms with E-state index in [1.54, 1.807) is 12.1 Å². The Morgan fingerprint density at radius 3 is 2.34 bits per heavy atom. The third-order valence-electron chi connectivity index (χ3n) is 7.03. The van der Waals surface area contributed by atoms with Crippen molar-refractivity contribution in [3.05, 3.63) is 83.2 Å². The monoisotopic (exact) mass is 483 g/mol. The summed E-state index contributed by atoms with van der Waals surface area (Å²) in [4.78, 5) is 11.7. The van der Waals surface area contributed by atoms with Gasteiger partial charge in [0.15, 0.2) is 0 Å². The molecule has 186 valence electrons. The SMILES string of the molecule is CC(C)CCC(c1ccc(C(F)(F)F)cc1)n1cc(-c2ccccc2)c2c1C(CC(=O)O)CCC2. The zero-order chi connectivity index (χ0) is 25.2. The molecular weight excluding hydrogens is 451 g/mol. The molecular formula is C29H32F3NO2. The van der Waals surface area contributed by atoms with Crippen LogP contribution in [0.5, 0.6) is 0 Å². The van der Waals surface area contributed by atoms with E-state index in [0.717, 1.165) is 66.6 Å². The molecule has 2 aromatic carbocycles. The second kappa shape index (κ2) is 10.3. The molecule has 1 heterocycles. The van der Waals surface area contributed by atoms with Crippen molar-refractivity contribution in [1.29, 1.82) is 0 Å². The smallest absolute Gasteiger partial charge is 0.416 e. The average molecular weight is 484 g/mol. The molecule has 2 atom stereocenters. The first kappa shape index (κ1) is 25.1. The number of fused-ring (bicyclic) bond motifs is 1. The fourth-order valence-electron chi connectivity index (χ4n) is 5.35. The summed E-state index contributed by atoms with van der Waals surface area (Å²) in [6.45, 7) is 4.27. The van der Waals surface area contributed by atoms with Gasteiger partial charge in [-0.15, -0.1) is 0 Å². The highest BCUT2D eigenvalue weighted by Crippen LogP contribution is 2.44. The van der Waals surface area contributed by atoms with Crippen LogP contribution >= 0.6 is 0 Å². The van der Waals surface area contributed by atoms with E-state index in [4.69, 9.17) is 0 Å². The van der Waals surface area contributed by atoms with Gasteiger partial charge in [0.05, 0.1) is 18.0 Å². The molecule has 0 spiro atoms. The van der Waals surface area contributed by atoms with Crippen LogP contribution in [0.4, 0.5) is 13.2 Å². The Labute approximate surface area is 204 Å². The zero-order valence-electron chi connectivity index (χ0n) is 20.2. The lowest BCUT2D eigenvalue weighted by molar-refractivity contribution is -0.138. The van der Waals surface area contributed by atoms with Crippen LogP contribution < -0.4 is 0 Å². The topological polar surface area (TPSA) is 42.2 Å². The van der Waals surface area contributed by atoms with E-state index in [0.29, 0.717) is 5.92 Å². The highest BCUT2D eigenvalue weighted by molar-refractivity contribution is 5.72. The van der Waals surface area contributed by atoms with Crippen LogP contribution in [0.25, 0.3) is 11.1 Å². The van der Waals surface area contributed by atoms with Gasteiger partial charge in [-0.3, -0.25) is 4.79 Å². The molecule has 0 fully saturated rings. The normalized spacial score (nSPS) is 16.8. The molecule has 6 heteroatoms. The summed E-state index contributed by atoms with van der Waals surface area (Å²) in [7, 11) is 0. The first-order chi connectivity index (χ1) is 16.6. The fourth-order valence-corrected chi connectivity index (χ4v) is 5.35. The van der Waals surface area contributed by atoms with Gasteiger partial charge in [-0.1, -0.05) is 56.3 Å². The molecule has 1 aliphatic carbocycles. The summed E-state index contributed by atoms with van der Waals surface area (Å²) in [5.41, 5.74) is 4.54. The third-order valence-corrected chi connectivity index (χ3v) is 7.03. The molecule has 1 N–H and O–H groups in total. The third kappa shape index (κ3) is 5.63. The number of aliphatic carboxylic acids is 1. The number of carbonyl (C=O) groups is 1. The second-order valence-electron chi connectivity index (χ2n) is 9.97. The number of aromatic nitrogens is 1. The van der Waals surface area contributed by atoms with Crippen LogP contribution in [0.3, 0.4) is 0 Å². The Hall–Kier alpha value is -3.02. The number of rotatable bonds is 8. The van der Waals surface area contributed by atoms with Crippen molar-refractivity contribution in [3.8, 4) is 11.1 Å². The quantitative estimate of drug-likeness (QED) is 0.352. The van der Waals surface area contributed by atoms with Crippen molar-refractivity contribution in [2.75, 3.05) is 0 Å². The van der Waals surface area contributed by atoms with E-state index in [-0.39, 0.29) is 18.4 Å². The number of hydrogen-bond donors (Lipinski definition) is 1. The molecule has 3 aromatic rings. The number of carboxylic acid groups (broad SMARTS) is 1. The van der Waals surface area contributed by atoms with Crippen LogP contribution in [0.1, 0.15) is 80.3 Å². The minimum Gasteiger partial charge on any atom is -0.481 e. The Morgan fingerprint density at radius 1 is 1.06 bits per heavy atom. The first-order valence-corrected chi connectivity index (χ1v) is 12.3. The van der Waals surface area contributed by atoms with Gasteiger partial charge in [0.1, 0.15) is 0 Å². The van der Waals surface area contributed by atoms with E-state index in [1.165, 1.54) is 5.56 Å². The van der Waals surface area contributed by atoms with Crippen molar-refractivity contribution >= 4 is 5.97 Å². The maximum atomic E-state index is 13.2. The Balaban J connectivity index is 1.87.